The molecule has 94 valence electrons. The van der Waals surface area contributed by atoms with Crippen molar-refractivity contribution in [1.82, 2.24) is 10.3 Å². The number of nitrogens with one attached hydrogen (secondary N) is 1. The van der Waals surface area contributed by atoms with Gasteiger partial charge in [0.05, 0.1) is 13.3 Å². The Kier molecular flexibility index (Phi) is 4.00. The molecule has 0 aromatic carbocycles. The van der Waals surface area contributed by atoms with E-state index < -0.39 is 0 Å². The van der Waals surface area contributed by atoms with Crippen molar-refractivity contribution in [2.45, 2.75) is 32.7 Å². The summed E-state index contributed by atoms with van der Waals surface area (Å²) in [5, 5.41) is 3.63. The SMILES string of the molecule is CCCNC(c1cncc(OC)c1)C1CC1C. The summed E-state index contributed by atoms with van der Waals surface area (Å²) in [6, 6.07) is 2.54. The molecule has 3 unspecified atom stereocenters. The maximum absolute atomic E-state index is 5.25. The van der Waals surface area contributed by atoms with Crippen molar-refractivity contribution in [3.8, 4) is 5.75 Å². The number of methoxy groups -OCH3 is 1. The maximum atomic E-state index is 5.25. The van der Waals surface area contributed by atoms with Crippen LogP contribution >= 0.6 is 0 Å². The molecule has 1 N–H and O–H groups in total. The van der Waals surface area contributed by atoms with Crippen molar-refractivity contribution in [2.24, 2.45) is 11.8 Å². The second-order valence-electron chi connectivity index (χ2n) is 4.97. The highest BCUT2D eigenvalue weighted by molar-refractivity contribution is 5.27. The number of ether oxygens (including phenoxy) is 1. The zero-order chi connectivity index (χ0) is 12.3. The molecule has 2 rings (SSSR count). The second kappa shape index (κ2) is 5.50. The lowest BCUT2D eigenvalue weighted by atomic mass is 10.0. The average Bonchev–Trinajstić information content (AvgIpc) is 3.07. The van der Waals surface area contributed by atoms with Crippen LogP contribution in [0.1, 0.15) is 38.3 Å². The molecule has 1 fully saturated rings. The van der Waals surface area contributed by atoms with Crippen molar-refractivity contribution >= 4 is 0 Å². The molecule has 0 saturated heterocycles. The van der Waals surface area contributed by atoms with Gasteiger partial charge in [0, 0.05) is 12.2 Å². The number of hydrogen-bond donors (Lipinski definition) is 1. The van der Waals surface area contributed by atoms with Crippen LogP contribution in [0.5, 0.6) is 5.75 Å². The Morgan fingerprint density at radius 3 is 2.88 bits per heavy atom. The highest BCUT2D eigenvalue weighted by atomic mass is 16.5. The number of nitrogens with zero attached hydrogens (tertiary/aromatic N) is 1. The van der Waals surface area contributed by atoms with Crippen LogP contribution in [-0.4, -0.2) is 18.6 Å². The van der Waals surface area contributed by atoms with E-state index in [1.54, 1.807) is 13.3 Å². The van der Waals surface area contributed by atoms with Gasteiger partial charge in [-0.25, -0.2) is 0 Å². The third-order valence-corrected chi connectivity index (χ3v) is 3.54. The van der Waals surface area contributed by atoms with E-state index in [0.29, 0.717) is 6.04 Å². The summed E-state index contributed by atoms with van der Waals surface area (Å²) in [6.07, 6.45) is 6.20. The summed E-state index contributed by atoms with van der Waals surface area (Å²) in [5.74, 6) is 2.44. The van der Waals surface area contributed by atoms with Gasteiger partial charge in [0.2, 0.25) is 0 Å². The van der Waals surface area contributed by atoms with Gasteiger partial charge in [0.1, 0.15) is 5.75 Å². The molecule has 1 aliphatic carbocycles. The molecule has 1 heterocycles. The normalized spacial score (nSPS) is 24.4. The van der Waals surface area contributed by atoms with Crippen LogP contribution in [0, 0.1) is 11.8 Å². The van der Waals surface area contributed by atoms with Gasteiger partial charge in [0.25, 0.3) is 0 Å². The molecule has 0 aliphatic heterocycles. The number of pyridine rings is 1. The fraction of sp³-hybridized carbons (Fsp3) is 0.643. The van der Waals surface area contributed by atoms with E-state index in [9.17, 15) is 0 Å². The van der Waals surface area contributed by atoms with Crippen molar-refractivity contribution in [3.05, 3.63) is 24.0 Å². The van der Waals surface area contributed by atoms with Gasteiger partial charge in [0.15, 0.2) is 0 Å². The molecule has 1 aliphatic rings. The Morgan fingerprint density at radius 2 is 2.29 bits per heavy atom. The molecule has 3 heteroatoms. The molecular formula is C14H22N2O. The first-order chi connectivity index (χ1) is 8.26. The topological polar surface area (TPSA) is 34.2 Å². The van der Waals surface area contributed by atoms with Gasteiger partial charge in [-0.2, -0.15) is 0 Å². The first-order valence-electron chi connectivity index (χ1n) is 6.48. The van der Waals surface area contributed by atoms with E-state index in [0.717, 1.165) is 30.6 Å². The average molecular weight is 234 g/mol. The molecule has 0 radical (unpaired) electrons. The first-order valence-corrected chi connectivity index (χ1v) is 6.48. The van der Waals surface area contributed by atoms with Crippen LogP contribution in [0.3, 0.4) is 0 Å². The van der Waals surface area contributed by atoms with Crippen LogP contribution in [0.25, 0.3) is 0 Å². The van der Waals surface area contributed by atoms with Gasteiger partial charge < -0.3 is 10.1 Å². The van der Waals surface area contributed by atoms with Crippen molar-refractivity contribution in [1.29, 1.82) is 0 Å². The monoisotopic (exact) mass is 234 g/mol. The molecule has 3 atom stereocenters. The summed E-state index contributed by atoms with van der Waals surface area (Å²) in [7, 11) is 1.69. The predicted octanol–water partition coefficient (Wildman–Crippen LogP) is 2.79. The number of aromatic nitrogens is 1. The second-order valence-corrected chi connectivity index (χ2v) is 4.97. The number of hydrogen-bond acceptors (Lipinski definition) is 3. The number of rotatable bonds is 6. The van der Waals surface area contributed by atoms with Gasteiger partial charge >= 0.3 is 0 Å². The molecule has 1 aromatic heterocycles. The Labute approximate surface area is 104 Å². The Hall–Kier alpha value is -1.09. The summed E-state index contributed by atoms with van der Waals surface area (Å²) < 4.78 is 5.25. The first kappa shape index (κ1) is 12.4. The molecule has 0 amide bonds. The Bertz CT molecular complexity index is 367. The quantitative estimate of drug-likeness (QED) is 0.822. The lowest BCUT2D eigenvalue weighted by Crippen LogP contribution is -2.24. The molecule has 0 bridgehead atoms. The minimum Gasteiger partial charge on any atom is -0.495 e. The highest BCUT2D eigenvalue weighted by Gasteiger charge is 2.40. The zero-order valence-corrected chi connectivity index (χ0v) is 10.9. The standard InChI is InChI=1S/C14H22N2O/c1-4-5-16-14(13-6-10(13)2)11-7-12(17-3)9-15-8-11/h7-10,13-14,16H,4-6H2,1-3H3. The largest absolute Gasteiger partial charge is 0.495 e. The van der Waals surface area contributed by atoms with E-state index in [1.807, 2.05) is 6.20 Å². The smallest absolute Gasteiger partial charge is 0.137 e. The van der Waals surface area contributed by atoms with Crippen LogP contribution < -0.4 is 10.1 Å². The van der Waals surface area contributed by atoms with Crippen molar-refractivity contribution in [3.63, 3.8) is 0 Å². The van der Waals surface area contributed by atoms with Crippen LogP contribution in [0.2, 0.25) is 0 Å². The van der Waals surface area contributed by atoms with Gasteiger partial charge in [-0.1, -0.05) is 13.8 Å². The third-order valence-electron chi connectivity index (χ3n) is 3.54. The lowest BCUT2D eigenvalue weighted by Gasteiger charge is -2.19. The maximum Gasteiger partial charge on any atom is 0.137 e. The van der Waals surface area contributed by atoms with E-state index >= 15 is 0 Å². The van der Waals surface area contributed by atoms with Crippen LogP contribution in [-0.2, 0) is 0 Å². The lowest BCUT2D eigenvalue weighted by molar-refractivity contribution is 0.408. The molecule has 3 nitrogen and oxygen atoms in total. The van der Waals surface area contributed by atoms with Gasteiger partial charge in [-0.3, -0.25) is 4.98 Å². The van der Waals surface area contributed by atoms with E-state index in [-0.39, 0.29) is 0 Å². The predicted molar refractivity (Wildman–Crippen MR) is 69.1 cm³/mol. The third kappa shape index (κ3) is 2.97. The van der Waals surface area contributed by atoms with Crippen LogP contribution in [0.15, 0.2) is 18.5 Å². The summed E-state index contributed by atoms with van der Waals surface area (Å²) in [5.41, 5.74) is 1.26. The fourth-order valence-corrected chi connectivity index (χ4v) is 2.35. The summed E-state index contributed by atoms with van der Waals surface area (Å²) in [6.45, 7) is 5.58. The van der Waals surface area contributed by atoms with Crippen LogP contribution in [0.4, 0.5) is 0 Å². The molecule has 0 spiro atoms. The molecule has 1 saturated carbocycles. The van der Waals surface area contributed by atoms with E-state index in [1.165, 1.54) is 12.0 Å². The van der Waals surface area contributed by atoms with Gasteiger partial charge in [-0.15, -0.1) is 0 Å². The van der Waals surface area contributed by atoms with E-state index in [4.69, 9.17) is 4.74 Å². The molecular weight excluding hydrogens is 212 g/mol. The Balaban J connectivity index is 2.12. The fourth-order valence-electron chi connectivity index (χ4n) is 2.35. The zero-order valence-electron chi connectivity index (χ0n) is 10.9. The Morgan fingerprint density at radius 1 is 1.53 bits per heavy atom. The van der Waals surface area contributed by atoms with E-state index in [2.05, 4.69) is 30.2 Å². The minimum atomic E-state index is 0.438. The molecule has 17 heavy (non-hydrogen) atoms. The van der Waals surface area contributed by atoms with Crippen molar-refractivity contribution in [2.75, 3.05) is 13.7 Å². The minimum absolute atomic E-state index is 0.438. The summed E-state index contributed by atoms with van der Waals surface area (Å²) in [4.78, 5) is 4.25. The summed E-state index contributed by atoms with van der Waals surface area (Å²) >= 11 is 0. The van der Waals surface area contributed by atoms with Gasteiger partial charge in [-0.05, 0) is 42.9 Å². The van der Waals surface area contributed by atoms with Crippen molar-refractivity contribution < 1.29 is 4.74 Å². The molecule has 1 aromatic rings. The highest BCUT2D eigenvalue weighted by Crippen LogP contribution is 2.47.